The van der Waals surface area contributed by atoms with E-state index < -0.39 is 0 Å². The van der Waals surface area contributed by atoms with Crippen LogP contribution in [0.5, 0.6) is 11.5 Å². The summed E-state index contributed by atoms with van der Waals surface area (Å²) in [5.74, 6) is 2.63. The highest BCUT2D eigenvalue weighted by atomic mass is 16.7. The van der Waals surface area contributed by atoms with Gasteiger partial charge < -0.3 is 9.47 Å². The third kappa shape index (κ3) is 4.18. The van der Waals surface area contributed by atoms with Crippen LogP contribution in [0.25, 0.3) is 0 Å². The van der Waals surface area contributed by atoms with Gasteiger partial charge in [-0.1, -0.05) is 25.0 Å². The van der Waals surface area contributed by atoms with Gasteiger partial charge in [0.05, 0.1) is 12.1 Å². The van der Waals surface area contributed by atoms with Crippen LogP contribution in [0.15, 0.2) is 42.7 Å². The number of pyridine rings is 1. The number of piperazine rings is 1. The fraction of sp³-hybridized carbons (Fsp3) is 0.500. The van der Waals surface area contributed by atoms with Gasteiger partial charge in [-0.15, -0.1) is 5.10 Å². The summed E-state index contributed by atoms with van der Waals surface area (Å²) in [6.45, 7) is 5.07. The number of hydrogen-bond donors (Lipinski definition) is 0. The Labute approximate surface area is 193 Å². The van der Waals surface area contributed by atoms with Gasteiger partial charge in [0, 0.05) is 45.1 Å². The molecule has 9 nitrogen and oxygen atoms in total. The molecule has 0 radical (unpaired) electrons. The van der Waals surface area contributed by atoms with Crippen LogP contribution in [-0.2, 0) is 6.54 Å². The van der Waals surface area contributed by atoms with Crippen molar-refractivity contribution in [3.63, 3.8) is 0 Å². The molecule has 9 heteroatoms. The van der Waals surface area contributed by atoms with E-state index in [9.17, 15) is 0 Å². The quantitative estimate of drug-likeness (QED) is 0.571. The number of rotatable bonds is 6. The summed E-state index contributed by atoms with van der Waals surface area (Å²) in [7, 11) is 0. The van der Waals surface area contributed by atoms with Gasteiger partial charge in [-0.2, -0.15) is 0 Å². The zero-order valence-electron chi connectivity index (χ0n) is 18.7. The minimum Gasteiger partial charge on any atom is -0.454 e. The predicted molar refractivity (Wildman–Crippen MR) is 121 cm³/mol. The lowest BCUT2D eigenvalue weighted by Gasteiger charge is -2.39. The molecule has 1 aromatic carbocycles. The molecule has 1 aliphatic carbocycles. The first-order chi connectivity index (χ1) is 16.3. The molecule has 1 saturated carbocycles. The highest BCUT2D eigenvalue weighted by Gasteiger charge is 2.33. The molecular formula is C24H29N7O2. The highest BCUT2D eigenvalue weighted by molar-refractivity contribution is 5.44. The van der Waals surface area contributed by atoms with E-state index in [1.807, 2.05) is 24.5 Å². The van der Waals surface area contributed by atoms with E-state index in [0.29, 0.717) is 12.8 Å². The molecule has 4 heterocycles. The van der Waals surface area contributed by atoms with E-state index >= 15 is 0 Å². The van der Waals surface area contributed by atoms with Crippen molar-refractivity contribution >= 4 is 0 Å². The van der Waals surface area contributed by atoms with Gasteiger partial charge in [0.15, 0.2) is 17.3 Å². The Hall–Kier alpha value is -3.04. The van der Waals surface area contributed by atoms with Crippen LogP contribution in [0.1, 0.15) is 54.7 Å². The minimum absolute atomic E-state index is 0.0157. The molecular weight excluding hydrogens is 418 g/mol. The topological polar surface area (TPSA) is 81.4 Å². The summed E-state index contributed by atoms with van der Waals surface area (Å²) in [6, 6.07) is 10.8. The van der Waals surface area contributed by atoms with E-state index in [1.54, 1.807) is 0 Å². The van der Waals surface area contributed by atoms with E-state index in [-0.39, 0.29) is 6.04 Å². The lowest BCUT2D eigenvalue weighted by Crippen LogP contribution is -2.48. The van der Waals surface area contributed by atoms with Crippen molar-refractivity contribution in [2.24, 2.45) is 0 Å². The first kappa shape index (κ1) is 20.6. The smallest absolute Gasteiger partial charge is 0.231 e. The van der Waals surface area contributed by atoms with Crippen LogP contribution in [-0.4, -0.2) is 68.0 Å². The standard InChI is InChI=1S/C24H29N7O2/c1-2-6-20(5-1)31-24(26-27-28-31)23(19-4-3-9-25-15-19)30-12-10-29(11-13-30)16-18-7-8-21-22(14-18)33-17-32-21/h3-4,7-9,14-15,20,23H,1-2,5-6,10-13,16-17H2/t23-/m1/s1. The fourth-order valence-electron chi connectivity index (χ4n) is 5.33. The van der Waals surface area contributed by atoms with E-state index in [0.717, 1.165) is 68.5 Å². The molecule has 0 bridgehead atoms. The predicted octanol–water partition coefficient (Wildman–Crippen LogP) is 2.82. The lowest BCUT2D eigenvalue weighted by molar-refractivity contribution is 0.0991. The molecule has 1 saturated heterocycles. The maximum atomic E-state index is 5.54. The summed E-state index contributed by atoms with van der Waals surface area (Å²) in [6.07, 6.45) is 8.59. The van der Waals surface area contributed by atoms with Crippen molar-refractivity contribution in [2.45, 2.75) is 44.3 Å². The molecule has 1 atom stereocenters. The first-order valence-corrected chi connectivity index (χ1v) is 11.9. The van der Waals surface area contributed by atoms with Gasteiger partial charge in [-0.05, 0) is 52.6 Å². The second kappa shape index (κ2) is 9.07. The van der Waals surface area contributed by atoms with Gasteiger partial charge in [-0.25, -0.2) is 4.68 Å². The Morgan fingerprint density at radius 3 is 2.67 bits per heavy atom. The summed E-state index contributed by atoms with van der Waals surface area (Å²) in [5.41, 5.74) is 2.40. The average Bonchev–Trinajstić information content (AvgIpc) is 3.63. The maximum Gasteiger partial charge on any atom is 0.231 e. The Morgan fingerprint density at radius 2 is 1.85 bits per heavy atom. The Kier molecular flexibility index (Phi) is 5.65. The maximum absolute atomic E-state index is 5.54. The second-order valence-electron chi connectivity index (χ2n) is 9.11. The number of hydrogen-bond acceptors (Lipinski definition) is 8. The van der Waals surface area contributed by atoms with E-state index in [1.165, 1.54) is 18.4 Å². The highest BCUT2D eigenvalue weighted by Crippen LogP contribution is 2.35. The van der Waals surface area contributed by atoms with Crippen LogP contribution in [0.2, 0.25) is 0 Å². The van der Waals surface area contributed by atoms with Gasteiger partial charge in [-0.3, -0.25) is 14.8 Å². The third-order valence-corrected chi connectivity index (χ3v) is 7.05. The summed E-state index contributed by atoms with van der Waals surface area (Å²) < 4.78 is 13.1. The molecule has 2 aromatic heterocycles. The van der Waals surface area contributed by atoms with Crippen LogP contribution in [0, 0.1) is 0 Å². The molecule has 3 aromatic rings. The number of benzene rings is 1. The van der Waals surface area contributed by atoms with Crippen molar-refractivity contribution in [1.82, 2.24) is 35.0 Å². The van der Waals surface area contributed by atoms with Crippen molar-refractivity contribution in [3.05, 3.63) is 59.7 Å². The first-order valence-electron chi connectivity index (χ1n) is 11.9. The number of nitrogens with zero attached hydrogens (tertiary/aromatic N) is 7. The van der Waals surface area contributed by atoms with Gasteiger partial charge in [0.1, 0.15) is 0 Å². The van der Waals surface area contributed by atoms with Gasteiger partial charge >= 0.3 is 0 Å². The number of tetrazole rings is 1. The van der Waals surface area contributed by atoms with Crippen molar-refractivity contribution in [3.8, 4) is 11.5 Å². The lowest BCUT2D eigenvalue weighted by atomic mass is 10.0. The molecule has 0 N–H and O–H groups in total. The van der Waals surface area contributed by atoms with Gasteiger partial charge in [0.2, 0.25) is 6.79 Å². The zero-order valence-corrected chi connectivity index (χ0v) is 18.7. The average molecular weight is 448 g/mol. The molecule has 2 aliphatic heterocycles. The normalized spacial score (nSPS) is 20.4. The number of aromatic nitrogens is 5. The van der Waals surface area contributed by atoms with E-state index in [4.69, 9.17) is 9.47 Å². The molecule has 33 heavy (non-hydrogen) atoms. The minimum atomic E-state index is 0.0157. The number of fused-ring (bicyclic) bond motifs is 1. The molecule has 172 valence electrons. The molecule has 0 unspecified atom stereocenters. The van der Waals surface area contributed by atoms with Crippen LogP contribution >= 0.6 is 0 Å². The molecule has 0 spiro atoms. The Balaban J connectivity index is 1.19. The monoisotopic (exact) mass is 447 g/mol. The summed E-state index contributed by atoms with van der Waals surface area (Å²) in [5, 5.41) is 13.0. The second-order valence-corrected chi connectivity index (χ2v) is 9.11. The van der Waals surface area contributed by atoms with Crippen molar-refractivity contribution in [1.29, 1.82) is 0 Å². The van der Waals surface area contributed by atoms with E-state index in [2.05, 4.69) is 53.2 Å². The zero-order chi connectivity index (χ0) is 22.0. The number of ether oxygens (including phenoxy) is 2. The molecule has 3 aliphatic rings. The van der Waals surface area contributed by atoms with Crippen LogP contribution in [0.4, 0.5) is 0 Å². The fourth-order valence-corrected chi connectivity index (χ4v) is 5.33. The molecule has 6 rings (SSSR count). The largest absolute Gasteiger partial charge is 0.454 e. The third-order valence-electron chi connectivity index (χ3n) is 7.05. The Morgan fingerprint density at radius 1 is 1.00 bits per heavy atom. The van der Waals surface area contributed by atoms with Crippen molar-refractivity contribution < 1.29 is 9.47 Å². The van der Waals surface area contributed by atoms with Crippen molar-refractivity contribution in [2.75, 3.05) is 33.0 Å². The van der Waals surface area contributed by atoms with Crippen LogP contribution in [0.3, 0.4) is 0 Å². The SMILES string of the molecule is c1cncc([C@H](c2nnnn2C2CCCC2)N2CCN(Cc3ccc4c(c3)OCO4)CC2)c1. The Bertz CT molecular complexity index is 1080. The summed E-state index contributed by atoms with van der Waals surface area (Å²) >= 11 is 0. The summed E-state index contributed by atoms with van der Waals surface area (Å²) in [4.78, 5) is 9.40. The molecule has 0 amide bonds. The molecule has 2 fully saturated rings. The van der Waals surface area contributed by atoms with Gasteiger partial charge in [0.25, 0.3) is 0 Å². The van der Waals surface area contributed by atoms with Crippen LogP contribution < -0.4 is 9.47 Å².